The summed E-state index contributed by atoms with van der Waals surface area (Å²) in [6.45, 7) is 2.97. The molecule has 0 spiro atoms. The minimum atomic E-state index is -1.12. The largest absolute Gasteiger partial charge is 0.394 e. The molecular formula is C9H16O6. The molecule has 6 heteroatoms. The summed E-state index contributed by atoms with van der Waals surface area (Å²) in [7, 11) is 0. The molecule has 1 unspecified atom stereocenters. The molecule has 15 heavy (non-hydrogen) atoms. The summed E-state index contributed by atoms with van der Waals surface area (Å²) in [6, 6.07) is 0. The first-order valence-electron chi connectivity index (χ1n) is 4.93. The predicted octanol–water partition coefficient (Wildman–Crippen LogP) is -1.42. The van der Waals surface area contributed by atoms with Gasteiger partial charge in [-0.2, -0.15) is 0 Å². The van der Waals surface area contributed by atoms with Gasteiger partial charge in [0.1, 0.15) is 24.4 Å². The Bertz CT molecular complexity index is 243. The van der Waals surface area contributed by atoms with Crippen molar-refractivity contribution in [1.29, 1.82) is 0 Å². The number of hydrogen-bond donors (Lipinski definition) is 3. The molecule has 0 bridgehead atoms. The third-order valence-corrected chi connectivity index (χ3v) is 2.62. The van der Waals surface area contributed by atoms with Crippen LogP contribution in [0.25, 0.3) is 0 Å². The minimum Gasteiger partial charge on any atom is -0.394 e. The SMILES string of the molecule is CC1(C)O[C@H]2OC([C@H](O)CO)[C@H](O)[C@H]2O1. The number of fused-ring (bicyclic) bond motifs is 1. The average molecular weight is 220 g/mol. The Kier molecular flexibility index (Phi) is 2.74. The van der Waals surface area contributed by atoms with Gasteiger partial charge in [-0.15, -0.1) is 0 Å². The quantitative estimate of drug-likeness (QED) is 0.529. The molecule has 0 aromatic carbocycles. The number of aliphatic hydroxyl groups excluding tert-OH is 3. The van der Waals surface area contributed by atoms with Gasteiger partial charge in [0.15, 0.2) is 12.1 Å². The van der Waals surface area contributed by atoms with Crippen molar-refractivity contribution in [3.05, 3.63) is 0 Å². The molecule has 0 amide bonds. The van der Waals surface area contributed by atoms with E-state index in [-0.39, 0.29) is 0 Å². The van der Waals surface area contributed by atoms with Gasteiger partial charge in [-0.1, -0.05) is 0 Å². The fourth-order valence-electron chi connectivity index (χ4n) is 1.94. The monoisotopic (exact) mass is 220 g/mol. The van der Waals surface area contributed by atoms with E-state index in [0.29, 0.717) is 0 Å². The molecule has 2 aliphatic heterocycles. The third-order valence-electron chi connectivity index (χ3n) is 2.62. The van der Waals surface area contributed by atoms with Gasteiger partial charge in [-0.05, 0) is 13.8 Å². The molecule has 3 N–H and O–H groups in total. The van der Waals surface area contributed by atoms with Crippen molar-refractivity contribution in [3.63, 3.8) is 0 Å². The Labute approximate surface area is 87.4 Å². The molecule has 88 valence electrons. The maximum Gasteiger partial charge on any atom is 0.190 e. The summed E-state index contributed by atoms with van der Waals surface area (Å²) in [5, 5.41) is 27.9. The summed E-state index contributed by atoms with van der Waals surface area (Å²) >= 11 is 0. The number of hydrogen-bond acceptors (Lipinski definition) is 6. The molecule has 2 saturated heterocycles. The van der Waals surface area contributed by atoms with E-state index in [1.54, 1.807) is 13.8 Å². The Morgan fingerprint density at radius 2 is 2.00 bits per heavy atom. The standard InChI is InChI=1S/C9H16O6/c1-9(2)14-7-5(12)6(4(11)3-10)13-8(7)15-9/h4-8,10-12H,3H2,1-2H3/t4-,5+,6?,7-,8-/m1/s1. The summed E-state index contributed by atoms with van der Waals surface area (Å²) in [5.41, 5.74) is 0. The second kappa shape index (κ2) is 3.65. The van der Waals surface area contributed by atoms with Crippen molar-refractivity contribution in [3.8, 4) is 0 Å². The van der Waals surface area contributed by atoms with Crippen LogP contribution in [0.5, 0.6) is 0 Å². The fraction of sp³-hybridized carbons (Fsp3) is 1.00. The zero-order valence-electron chi connectivity index (χ0n) is 8.66. The predicted molar refractivity (Wildman–Crippen MR) is 47.8 cm³/mol. The highest BCUT2D eigenvalue weighted by Crippen LogP contribution is 2.38. The van der Waals surface area contributed by atoms with Crippen molar-refractivity contribution in [2.45, 2.75) is 50.3 Å². The van der Waals surface area contributed by atoms with E-state index in [0.717, 1.165) is 0 Å². The Morgan fingerprint density at radius 1 is 1.33 bits per heavy atom. The van der Waals surface area contributed by atoms with Crippen LogP contribution in [0.15, 0.2) is 0 Å². The van der Waals surface area contributed by atoms with E-state index in [1.807, 2.05) is 0 Å². The second-order valence-corrected chi connectivity index (χ2v) is 4.31. The molecule has 0 aromatic heterocycles. The van der Waals surface area contributed by atoms with E-state index in [2.05, 4.69) is 0 Å². The van der Waals surface area contributed by atoms with Gasteiger partial charge in [0.05, 0.1) is 6.61 Å². The first-order chi connectivity index (χ1) is 6.94. The molecule has 2 fully saturated rings. The van der Waals surface area contributed by atoms with Crippen molar-refractivity contribution < 1.29 is 29.5 Å². The zero-order chi connectivity index (χ0) is 11.2. The van der Waals surface area contributed by atoms with Crippen LogP contribution in [0.3, 0.4) is 0 Å². The third kappa shape index (κ3) is 1.89. The molecule has 0 radical (unpaired) electrons. The van der Waals surface area contributed by atoms with E-state index in [4.69, 9.17) is 19.3 Å². The molecule has 6 nitrogen and oxygen atoms in total. The van der Waals surface area contributed by atoms with Gasteiger partial charge in [-0.3, -0.25) is 0 Å². The normalized spacial score (nSPS) is 45.4. The van der Waals surface area contributed by atoms with Gasteiger partial charge < -0.3 is 29.5 Å². The molecule has 2 rings (SSSR count). The van der Waals surface area contributed by atoms with Crippen molar-refractivity contribution in [2.24, 2.45) is 0 Å². The topological polar surface area (TPSA) is 88.4 Å². The van der Waals surface area contributed by atoms with Crippen molar-refractivity contribution in [1.82, 2.24) is 0 Å². The summed E-state index contributed by atoms with van der Waals surface area (Å²) in [5.74, 6) is -0.786. The molecule has 0 saturated carbocycles. The summed E-state index contributed by atoms with van der Waals surface area (Å²) in [4.78, 5) is 0. The van der Waals surface area contributed by atoms with Gasteiger partial charge in [-0.25, -0.2) is 0 Å². The lowest BCUT2D eigenvalue weighted by Gasteiger charge is -2.24. The first-order valence-corrected chi connectivity index (χ1v) is 4.93. The highest BCUT2D eigenvalue weighted by Gasteiger charge is 2.55. The van der Waals surface area contributed by atoms with Crippen molar-refractivity contribution in [2.75, 3.05) is 6.61 Å². The molecule has 2 heterocycles. The van der Waals surface area contributed by atoms with Gasteiger partial charge in [0.2, 0.25) is 0 Å². The fourth-order valence-corrected chi connectivity index (χ4v) is 1.94. The van der Waals surface area contributed by atoms with Crippen LogP contribution in [0.2, 0.25) is 0 Å². The van der Waals surface area contributed by atoms with E-state index < -0.39 is 43.1 Å². The number of rotatable bonds is 2. The Morgan fingerprint density at radius 3 is 2.53 bits per heavy atom. The molecule has 0 aromatic rings. The average Bonchev–Trinajstić information content (AvgIpc) is 2.60. The van der Waals surface area contributed by atoms with E-state index in [9.17, 15) is 10.2 Å². The zero-order valence-corrected chi connectivity index (χ0v) is 8.66. The lowest BCUT2D eigenvalue weighted by atomic mass is 10.1. The maximum atomic E-state index is 9.79. The summed E-state index contributed by atoms with van der Waals surface area (Å²) in [6.07, 6.45) is -4.26. The van der Waals surface area contributed by atoms with Crippen LogP contribution in [-0.4, -0.2) is 58.4 Å². The first kappa shape index (κ1) is 11.3. The summed E-state index contributed by atoms with van der Waals surface area (Å²) < 4.78 is 16.1. The van der Waals surface area contributed by atoms with Crippen LogP contribution < -0.4 is 0 Å². The van der Waals surface area contributed by atoms with Crippen LogP contribution in [0.1, 0.15) is 13.8 Å². The maximum absolute atomic E-state index is 9.79. The number of ether oxygens (including phenoxy) is 3. The highest BCUT2D eigenvalue weighted by atomic mass is 16.8. The molecule has 2 aliphatic rings. The second-order valence-electron chi connectivity index (χ2n) is 4.31. The van der Waals surface area contributed by atoms with Crippen LogP contribution in [0, 0.1) is 0 Å². The molecular weight excluding hydrogens is 204 g/mol. The van der Waals surface area contributed by atoms with Crippen molar-refractivity contribution >= 4 is 0 Å². The van der Waals surface area contributed by atoms with Crippen LogP contribution in [-0.2, 0) is 14.2 Å². The van der Waals surface area contributed by atoms with Crippen LogP contribution >= 0.6 is 0 Å². The smallest absolute Gasteiger partial charge is 0.190 e. The van der Waals surface area contributed by atoms with Crippen LogP contribution in [0.4, 0.5) is 0 Å². The lowest BCUT2D eigenvalue weighted by molar-refractivity contribution is -0.227. The van der Waals surface area contributed by atoms with Gasteiger partial charge >= 0.3 is 0 Å². The van der Waals surface area contributed by atoms with Gasteiger partial charge in [0, 0.05) is 0 Å². The van der Waals surface area contributed by atoms with E-state index in [1.165, 1.54) is 0 Å². The number of aliphatic hydroxyl groups is 3. The molecule has 5 atom stereocenters. The Hall–Kier alpha value is -0.240. The lowest BCUT2D eigenvalue weighted by Crippen LogP contribution is -2.42. The van der Waals surface area contributed by atoms with E-state index >= 15 is 0 Å². The Balaban J connectivity index is 2.05. The highest BCUT2D eigenvalue weighted by molar-refractivity contribution is 4.95. The molecule has 0 aliphatic carbocycles. The minimum absolute atomic E-state index is 0.468. The van der Waals surface area contributed by atoms with Gasteiger partial charge in [0.25, 0.3) is 0 Å².